The molecule has 2 rings (SSSR count). The van der Waals surface area contributed by atoms with E-state index < -0.39 is 5.60 Å². The van der Waals surface area contributed by atoms with E-state index in [4.69, 9.17) is 11.6 Å². The van der Waals surface area contributed by atoms with Crippen molar-refractivity contribution < 1.29 is 9.90 Å². The molecule has 1 unspecified atom stereocenters. The first kappa shape index (κ1) is 15.5. The van der Waals surface area contributed by atoms with Gasteiger partial charge < -0.3 is 10.4 Å². The molecule has 2 aromatic carbocycles. The maximum absolute atomic E-state index is 12.1. The summed E-state index contributed by atoms with van der Waals surface area (Å²) in [5.41, 5.74) is 1.06. The summed E-state index contributed by atoms with van der Waals surface area (Å²) in [5, 5.41) is 13.7. The van der Waals surface area contributed by atoms with Crippen molar-refractivity contribution in [1.29, 1.82) is 0 Å². The van der Waals surface area contributed by atoms with Crippen LogP contribution in [0.15, 0.2) is 48.5 Å². The maximum Gasteiger partial charge on any atom is 0.227 e. The van der Waals surface area contributed by atoms with Crippen LogP contribution in [0.5, 0.6) is 0 Å². The lowest BCUT2D eigenvalue weighted by Crippen LogP contribution is -2.28. The molecule has 0 aliphatic rings. The molecule has 0 radical (unpaired) electrons. The summed E-state index contributed by atoms with van der Waals surface area (Å²) in [6.07, 6.45) is -0.0405. The summed E-state index contributed by atoms with van der Waals surface area (Å²) in [6.45, 7) is 3.55. The molecule has 2 aromatic rings. The van der Waals surface area contributed by atoms with Crippen molar-refractivity contribution in [3.05, 3.63) is 64.7 Å². The first-order chi connectivity index (χ1) is 9.88. The number of benzene rings is 2. The van der Waals surface area contributed by atoms with Crippen LogP contribution in [0.4, 0.5) is 5.69 Å². The molecule has 1 amide bonds. The molecule has 0 aliphatic carbocycles. The first-order valence-electron chi connectivity index (χ1n) is 6.72. The van der Waals surface area contributed by atoms with Crippen LogP contribution in [0, 0.1) is 6.92 Å². The highest BCUT2D eigenvalue weighted by Gasteiger charge is 2.26. The largest absolute Gasteiger partial charge is 0.385 e. The second-order valence-corrected chi connectivity index (χ2v) is 5.76. The first-order valence-corrected chi connectivity index (χ1v) is 7.10. The molecule has 110 valence electrons. The molecule has 0 heterocycles. The van der Waals surface area contributed by atoms with E-state index in [-0.39, 0.29) is 12.3 Å². The Morgan fingerprint density at radius 3 is 2.52 bits per heavy atom. The van der Waals surface area contributed by atoms with Crippen LogP contribution in [0.25, 0.3) is 0 Å². The lowest BCUT2D eigenvalue weighted by Gasteiger charge is -2.23. The van der Waals surface area contributed by atoms with E-state index in [0.717, 1.165) is 5.56 Å². The van der Waals surface area contributed by atoms with Crippen molar-refractivity contribution >= 4 is 23.2 Å². The van der Waals surface area contributed by atoms with Crippen LogP contribution >= 0.6 is 11.6 Å². The number of hydrogen-bond donors (Lipinski definition) is 2. The number of anilines is 1. The van der Waals surface area contributed by atoms with E-state index in [9.17, 15) is 9.90 Å². The number of nitrogens with one attached hydrogen (secondary N) is 1. The van der Waals surface area contributed by atoms with Gasteiger partial charge in [-0.25, -0.2) is 0 Å². The van der Waals surface area contributed by atoms with E-state index in [1.54, 1.807) is 31.2 Å². The molecular formula is C17H18ClNO2. The third-order valence-corrected chi connectivity index (χ3v) is 3.61. The summed E-state index contributed by atoms with van der Waals surface area (Å²) < 4.78 is 0. The Bertz CT molecular complexity index is 638. The second-order valence-electron chi connectivity index (χ2n) is 5.35. The number of carbonyl (C=O) groups is 1. The number of aliphatic hydroxyl groups is 1. The fourth-order valence-electron chi connectivity index (χ4n) is 2.13. The van der Waals surface area contributed by atoms with Crippen LogP contribution < -0.4 is 5.32 Å². The molecular weight excluding hydrogens is 286 g/mol. The Kier molecular flexibility index (Phi) is 4.66. The number of aryl methyl sites for hydroxylation is 1. The van der Waals surface area contributed by atoms with E-state index >= 15 is 0 Å². The molecule has 0 aliphatic heterocycles. The zero-order chi connectivity index (χ0) is 15.5. The lowest BCUT2D eigenvalue weighted by molar-refractivity contribution is -0.120. The topological polar surface area (TPSA) is 49.3 Å². The summed E-state index contributed by atoms with van der Waals surface area (Å²) in [6, 6.07) is 14.5. The van der Waals surface area contributed by atoms with Crippen LogP contribution in [0.1, 0.15) is 24.5 Å². The van der Waals surface area contributed by atoms with Gasteiger partial charge in [-0.05, 0) is 37.1 Å². The molecule has 0 saturated carbocycles. The third kappa shape index (κ3) is 4.06. The molecule has 1 atom stereocenters. The van der Waals surface area contributed by atoms with Crippen molar-refractivity contribution in [2.75, 3.05) is 5.32 Å². The van der Waals surface area contributed by atoms with Crippen LogP contribution in [-0.4, -0.2) is 11.0 Å². The highest BCUT2D eigenvalue weighted by molar-refractivity contribution is 6.33. The van der Waals surface area contributed by atoms with Crippen LogP contribution in [0.2, 0.25) is 5.02 Å². The average Bonchev–Trinajstić information content (AvgIpc) is 2.42. The maximum atomic E-state index is 12.1. The van der Waals surface area contributed by atoms with E-state index in [1.165, 1.54) is 0 Å². The van der Waals surface area contributed by atoms with Crippen LogP contribution in [-0.2, 0) is 10.4 Å². The molecule has 0 aromatic heterocycles. The van der Waals surface area contributed by atoms with Gasteiger partial charge in [0.2, 0.25) is 5.91 Å². The Morgan fingerprint density at radius 2 is 1.90 bits per heavy atom. The number of rotatable bonds is 4. The molecule has 4 heteroatoms. The summed E-state index contributed by atoms with van der Waals surface area (Å²) >= 11 is 6.08. The third-order valence-electron chi connectivity index (χ3n) is 3.30. The standard InChI is InChI=1S/C17H18ClNO2/c1-12-8-9-15(14(18)10-12)19-16(20)11-17(2,21)13-6-4-3-5-7-13/h3-10,21H,11H2,1-2H3,(H,19,20). The molecule has 3 nitrogen and oxygen atoms in total. The van der Waals surface area contributed by atoms with Gasteiger partial charge in [-0.2, -0.15) is 0 Å². The Hall–Kier alpha value is -1.84. The molecule has 0 fully saturated rings. The Labute approximate surface area is 129 Å². The van der Waals surface area contributed by atoms with Crippen molar-refractivity contribution in [2.24, 2.45) is 0 Å². The van der Waals surface area contributed by atoms with Gasteiger partial charge in [0.1, 0.15) is 0 Å². The fraction of sp³-hybridized carbons (Fsp3) is 0.235. The van der Waals surface area contributed by atoms with Crippen molar-refractivity contribution in [1.82, 2.24) is 0 Å². The van der Waals surface area contributed by atoms with Gasteiger partial charge in [-0.3, -0.25) is 4.79 Å². The number of hydrogen-bond acceptors (Lipinski definition) is 2. The Balaban J connectivity index is 2.08. The highest BCUT2D eigenvalue weighted by atomic mass is 35.5. The normalized spacial score (nSPS) is 13.5. The zero-order valence-electron chi connectivity index (χ0n) is 12.1. The van der Waals surface area contributed by atoms with E-state index in [0.29, 0.717) is 16.3 Å². The zero-order valence-corrected chi connectivity index (χ0v) is 12.8. The van der Waals surface area contributed by atoms with Gasteiger partial charge >= 0.3 is 0 Å². The molecule has 0 saturated heterocycles. The molecule has 21 heavy (non-hydrogen) atoms. The smallest absolute Gasteiger partial charge is 0.227 e. The number of carbonyl (C=O) groups excluding carboxylic acids is 1. The minimum absolute atomic E-state index is 0.0405. The van der Waals surface area contributed by atoms with Gasteiger partial charge in [0, 0.05) is 0 Å². The quantitative estimate of drug-likeness (QED) is 0.900. The van der Waals surface area contributed by atoms with Gasteiger partial charge in [-0.15, -0.1) is 0 Å². The predicted molar refractivity (Wildman–Crippen MR) is 85.4 cm³/mol. The van der Waals surface area contributed by atoms with Crippen molar-refractivity contribution in [3.8, 4) is 0 Å². The van der Waals surface area contributed by atoms with Crippen LogP contribution in [0.3, 0.4) is 0 Å². The molecule has 0 spiro atoms. The summed E-state index contributed by atoms with van der Waals surface area (Å²) in [7, 11) is 0. The van der Waals surface area contributed by atoms with Crippen molar-refractivity contribution in [3.63, 3.8) is 0 Å². The van der Waals surface area contributed by atoms with E-state index in [2.05, 4.69) is 5.32 Å². The van der Waals surface area contributed by atoms with Gasteiger partial charge in [0.15, 0.2) is 0 Å². The Morgan fingerprint density at radius 1 is 1.24 bits per heavy atom. The minimum atomic E-state index is -1.22. The summed E-state index contributed by atoms with van der Waals surface area (Å²) in [5.74, 6) is -0.283. The van der Waals surface area contributed by atoms with Gasteiger partial charge in [0.05, 0.1) is 22.7 Å². The molecule has 2 N–H and O–H groups in total. The monoisotopic (exact) mass is 303 g/mol. The molecule has 0 bridgehead atoms. The summed E-state index contributed by atoms with van der Waals surface area (Å²) in [4.78, 5) is 12.1. The number of halogens is 1. The second kappa shape index (κ2) is 6.29. The number of amides is 1. The SMILES string of the molecule is Cc1ccc(NC(=O)CC(C)(O)c2ccccc2)c(Cl)c1. The minimum Gasteiger partial charge on any atom is -0.385 e. The van der Waals surface area contributed by atoms with Gasteiger partial charge in [-0.1, -0.05) is 48.0 Å². The van der Waals surface area contributed by atoms with Gasteiger partial charge in [0.25, 0.3) is 0 Å². The predicted octanol–water partition coefficient (Wildman–Crippen LogP) is 3.88. The van der Waals surface area contributed by atoms with Crippen molar-refractivity contribution in [2.45, 2.75) is 25.9 Å². The fourth-order valence-corrected chi connectivity index (χ4v) is 2.41. The highest BCUT2D eigenvalue weighted by Crippen LogP contribution is 2.27. The lowest BCUT2D eigenvalue weighted by atomic mass is 9.92. The van der Waals surface area contributed by atoms with E-state index in [1.807, 2.05) is 31.2 Å². The average molecular weight is 304 g/mol.